The highest BCUT2D eigenvalue weighted by Crippen LogP contribution is 2.27. The fraction of sp³-hybridized carbons (Fsp3) is 0.125. The average molecular weight is 453 g/mol. The van der Waals surface area contributed by atoms with Crippen LogP contribution in [0.2, 0.25) is 10.0 Å². The minimum Gasteiger partial charge on any atom is -0.334 e. The van der Waals surface area contributed by atoms with Crippen LogP contribution in [0.1, 0.15) is 33.1 Å². The lowest BCUT2D eigenvalue weighted by atomic mass is 9.99. The van der Waals surface area contributed by atoms with Crippen LogP contribution >= 0.6 is 23.2 Å². The fourth-order valence-electron chi connectivity index (χ4n) is 3.56. The van der Waals surface area contributed by atoms with Crippen molar-refractivity contribution in [2.75, 3.05) is 0 Å². The van der Waals surface area contributed by atoms with Crippen LogP contribution in [-0.2, 0) is 4.79 Å². The van der Waals surface area contributed by atoms with E-state index in [9.17, 15) is 9.59 Å². The first-order valence-electron chi connectivity index (χ1n) is 9.73. The lowest BCUT2D eigenvalue weighted by Crippen LogP contribution is -2.42. The van der Waals surface area contributed by atoms with E-state index in [0.717, 1.165) is 16.7 Å². The van der Waals surface area contributed by atoms with E-state index >= 15 is 0 Å². The van der Waals surface area contributed by atoms with Gasteiger partial charge in [-0.3, -0.25) is 9.59 Å². The highest BCUT2D eigenvalue weighted by molar-refractivity contribution is 6.30. The lowest BCUT2D eigenvalue weighted by molar-refractivity contribution is -0.596. The number of halogens is 2. The van der Waals surface area contributed by atoms with Crippen molar-refractivity contribution in [1.29, 1.82) is 0 Å². The standard InChI is InChI=1S/C24H19Cl2N3O2/c1-15-3-2-4-18(13-15)23(30)27-21-22(17-7-11-20(26)12-8-17)29(28-24(21)31)14-16-5-9-19(25)10-6-16/h2-14,21-22H,1H3,(H-,27,28,30,31)/p+1/b29-14-/t21-,22-/m1/s1. The zero-order valence-electron chi connectivity index (χ0n) is 16.7. The van der Waals surface area contributed by atoms with Gasteiger partial charge in [0.25, 0.3) is 5.91 Å². The fourth-order valence-corrected chi connectivity index (χ4v) is 3.81. The van der Waals surface area contributed by atoms with Gasteiger partial charge in [0.05, 0.1) is 0 Å². The second-order valence-electron chi connectivity index (χ2n) is 7.38. The molecule has 0 saturated carbocycles. The Hall–Kier alpha value is -3.15. The van der Waals surface area contributed by atoms with Crippen molar-refractivity contribution < 1.29 is 14.3 Å². The first-order valence-corrected chi connectivity index (χ1v) is 10.5. The molecule has 31 heavy (non-hydrogen) atoms. The van der Waals surface area contributed by atoms with E-state index in [1.54, 1.807) is 41.1 Å². The molecule has 4 rings (SSSR count). The van der Waals surface area contributed by atoms with Crippen molar-refractivity contribution in [1.82, 2.24) is 10.7 Å². The van der Waals surface area contributed by atoms with Crippen LogP contribution in [-0.4, -0.2) is 28.8 Å². The number of benzene rings is 3. The third kappa shape index (κ3) is 4.79. The number of carbonyl (C=O) groups is 2. The summed E-state index contributed by atoms with van der Waals surface area (Å²) in [6.45, 7) is 1.92. The van der Waals surface area contributed by atoms with Crippen LogP contribution in [0, 0.1) is 6.92 Å². The van der Waals surface area contributed by atoms with Gasteiger partial charge in [0.1, 0.15) is 0 Å². The number of hydrazone groups is 1. The van der Waals surface area contributed by atoms with Gasteiger partial charge in [-0.05, 0) is 55.5 Å². The van der Waals surface area contributed by atoms with Crippen molar-refractivity contribution in [3.05, 3.63) is 105 Å². The SMILES string of the molecule is Cc1cccc(C(=O)N[C@H]2C(=O)N/[N+](=C\c3ccc(Cl)cc3)[C@@H]2c2ccc(Cl)cc2)c1. The molecule has 0 radical (unpaired) electrons. The molecular formula is C24H20Cl2N3O2+. The van der Waals surface area contributed by atoms with Gasteiger partial charge in [-0.2, -0.15) is 0 Å². The van der Waals surface area contributed by atoms with Crippen LogP contribution in [0.5, 0.6) is 0 Å². The van der Waals surface area contributed by atoms with E-state index in [0.29, 0.717) is 15.6 Å². The molecule has 2 amide bonds. The maximum absolute atomic E-state index is 12.9. The molecule has 1 fully saturated rings. The molecule has 1 aliphatic rings. The van der Waals surface area contributed by atoms with Gasteiger partial charge in [-0.25, -0.2) is 0 Å². The molecule has 0 aliphatic carbocycles. The van der Waals surface area contributed by atoms with E-state index in [-0.39, 0.29) is 11.8 Å². The molecule has 7 heteroatoms. The third-order valence-corrected chi connectivity index (χ3v) is 5.58. The van der Waals surface area contributed by atoms with Gasteiger partial charge < -0.3 is 5.32 Å². The Morgan fingerprint density at radius 1 is 1.00 bits per heavy atom. The highest BCUT2D eigenvalue weighted by atomic mass is 35.5. The van der Waals surface area contributed by atoms with Crippen LogP contribution in [0.3, 0.4) is 0 Å². The molecule has 2 N–H and O–H groups in total. The second-order valence-corrected chi connectivity index (χ2v) is 8.25. The molecule has 3 aromatic rings. The predicted octanol–water partition coefficient (Wildman–Crippen LogP) is 4.32. The van der Waals surface area contributed by atoms with E-state index in [1.807, 2.05) is 49.5 Å². The van der Waals surface area contributed by atoms with Crippen molar-refractivity contribution >= 4 is 41.2 Å². The Morgan fingerprint density at radius 2 is 1.65 bits per heavy atom. The highest BCUT2D eigenvalue weighted by Gasteiger charge is 2.47. The summed E-state index contributed by atoms with van der Waals surface area (Å²) in [4.78, 5) is 25.8. The Labute approximate surface area is 190 Å². The normalized spacial score (nSPS) is 19.3. The summed E-state index contributed by atoms with van der Waals surface area (Å²) < 4.78 is 1.70. The predicted molar refractivity (Wildman–Crippen MR) is 122 cm³/mol. The second kappa shape index (κ2) is 8.92. The number of hydrogen-bond acceptors (Lipinski definition) is 2. The number of hydrazine groups is 1. The molecule has 156 valence electrons. The summed E-state index contributed by atoms with van der Waals surface area (Å²) in [7, 11) is 0. The first kappa shape index (κ1) is 21.1. The van der Waals surface area contributed by atoms with Crippen molar-refractivity contribution in [2.45, 2.75) is 19.0 Å². The summed E-state index contributed by atoms with van der Waals surface area (Å²) >= 11 is 12.0. The molecule has 3 aromatic carbocycles. The lowest BCUT2D eigenvalue weighted by Gasteiger charge is -2.15. The van der Waals surface area contributed by atoms with Gasteiger partial charge in [-0.15, -0.1) is 10.1 Å². The number of hydrogen-bond donors (Lipinski definition) is 2. The summed E-state index contributed by atoms with van der Waals surface area (Å²) in [6, 6.07) is 20.5. The number of aryl methyl sites for hydroxylation is 1. The number of amides is 2. The number of nitrogens with one attached hydrogen (secondary N) is 2. The van der Waals surface area contributed by atoms with Gasteiger partial charge in [0, 0.05) is 26.7 Å². The topological polar surface area (TPSA) is 61.2 Å². The minimum absolute atomic E-state index is 0.300. The molecule has 0 bridgehead atoms. The Kier molecular flexibility index (Phi) is 6.07. The maximum atomic E-state index is 12.9. The minimum atomic E-state index is -0.794. The molecule has 0 aromatic heterocycles. The first-order chi connectivity index (χ1) is 14.9. The Bertz CT molecular complexity index is 1160. The largest absolute Gasteiger partial charge is 0.334 e. The van der Waals surface area contributed by atoms with E-state index in [4.69, 9.17) is 23.2 Å². The monoisotopic (exact) mass is 452 g/mol. The van der Waals surface area contributed by atoms with E-state index in [2.05, 4.69) is 10.7 Å². The van der Waals surface area contributed by atoms with Crippen molar-refractivity contribution in [3.63, 3.8) is 0 Å². The molecule has 2 atom stereocenters. The molecule has 1 heterocycles. The maximum Gasteiger partial charge on any atom is 0.304 e. The van der Waals surface area contributed by atoms with E-state index < -0.39 is 12.1 Å². The molecule has 0 unspecified atom stereocenters. The van der Waals surface area contributed by atoms with Crippen molar-refractivity contribution in [3.8, 4) is 0 Å². The molecule has 1 saturated heterocycles. The Morgan fingerprint density at radius 3 is 2.29 bits per heavy atom. The van der Waals surface area contributed by atoms with Gasteiger partial charge in [0.2, 0.25) is 12.3 Å². The number of carbonyl (C=O) groups excluding carboxylic acids is 2. The molecule has 1 aliphatic heterocycles. The van der Waals surface area contributed by atoms with Gasteiger partial charge in [-0.1, -0.05) is 53.0 Å². The quantitative estimate of drug-likeness (QED) is 0.579. The van der Waals surface area contributed by atoms with Crippen molar-refractivity contribution in [2.24, 2.45) is 0 Å². The van der Waals surface area contributed by atoms with Crippen LogP contribution in [0.25, 0.3) is 0 Å². The zero-order valence-corrected chi connectivity index (χ0v) is 18.2. The molecule has 0 spiro atoms. The summed E-state index contributed by atoms with van der Waals surface area (Å²) in [5, 5.41) is 4.11. The average Bonchev–Trinajstić information content (AvgIpc) is 3.05. The summed E-state index contributed by atoms with van der Waals surface area (Å²) in [5.41, 5.74) is 6.02. The molecular weight excluding hydrogens is 433 g/mol. The van der Waals surface area contributed by atoms with E-state index in [1.165, 1.54) is 0 Å². The summed E-state index contributed by atoms with van der Waals surface area (Å²) in [6.07, 6.45) is 1.81. The third-order valence-electron chi connectivity index (χ3n) is 5.07. The summed E-state index contributed by atoms with van der Waals surface area (Å²) in [5.74, 6) is -0.609. The van der Waals surface area contributed by atoms with Crippen LogP contribution in [0.15, 0.2) is 72.8 Å². The van der Waals surface area contributed by atoms with Crippen LogP contribution in [0.4, 0.5) is 0 Å². The van der Waals surface area contributed by atoms with Gasteiger partial charge in [0.15, 0.2) is 6.04 Å². The number of nitrogens with zero attached hydrogens (tertiary/aromatic N) is 1. The Balaban J connectivity index is 1.70. The smallest absolute Gasteiger partial charge is 0.304 e. The molecule has 5 nitrogen and oxygen atoms in total. The van der Waals surface area contributed by atoms with Crippen LogP contribution < -0.4 is 10.7 Å². The van der Waals surface area contributed by atoms with Gasteiger partial charge >= 0.3 is 5.91 Å². The number of rotatable bonds is 4. The zero-order chi connectivity index (χ0) is 22.0.